The number of aliphatic hydroxyl groups is 1. The van der Waals surface area contributed by atoms with Crippen LogP contribution in [0.1, 0.15) is 5.56 Å². The van der Waals surface area contributed by atoms with Crippen LogP contribution in [0.5, 0.6) is 17.5 Å². The molecule has 0 aliphatic heterocycles. The number of hydrogen-bond donors (Lipinski definition) is 1. The zero-order valence-electron chi connectivity index (χ0n) is 13.3. The predicted molar refractivity (Wildman–Crippen MR) is 91.3 cm³/mol. The van der Waals surface area contributed by atoms with Crippen molar-refractivity contribution in [3.05, 3.63) is 66.5 Å². The summed E-state index contributed by atoms with van der Waals surface area (Å²) < 4.78 is 10.8. The van der Waals surface area contributed by atoms with Crippen molar-refractivity contribution in [3.63, 3.8) is 0 Å². The summed E-state index contributed by atoms with van der Waals surface area (Å²) in [7, 11) is 1.64. The maximum Gasteiger partial charge on any atom is 0.321 e. The molecule has 0 fully saturated rings. The Morgan fingerprint density at radius 1 is 0.833 bits per heavy atom. The molecule has 0 aliphatic carbocycles. The summed E-state index contributed by atoms with van der Waals surface area (Å²) in [5.74, 6) is 1.47. The van der Waals surface area contributed by atoms with Gasteiger partial charge in [-0.15, -0.1) is 0 Å². The van der Waals surface area contributed by atoms with Gasteiger partial charge in [0.1, 0.15) is 11.5 Å². The van der Waals surface area contributed by atoms with E-state index < -0.39 is 0 Å². The molecule has 24 heavy (non-hydrogen) atoms. The fourth-order valence-electron chi connectivity index (χ4n) is 2.26. The van der Waals surface area contributed by atoms with Crippen molar-refractivity contribution in [2.75, 3.05) is 13.7 Å². The Labute approximate surface area is 140 Å². The van der Waals surface area contributed by atoms with Gasteiger partial charge < -0.3 is 14.6 Å². The molecule has 0 spiro atoms. The Hall–Kier alpha value is -2.92. The summed E-state index contributed by atoms with van der Waals surface area (Å²) in [5, 5.41) is 8.92. The first kappa shape index (κ1) is 16.0. The van der Waals surface area contributed by atoms with Crippen molar-refractivity contribution < 1.29 is 14.6 Å². The summed E-state index contributed by atoms with van der Waals surface area (Å²) in [4.78, 5) is 8.49. The third-order valence-electron chi connectivity index (χ3n) is 3.58. The van der Waals surface area contributed by atoms with Gasteiger partial charge in [-0.1, -0.05) is 24.3 Å². The lowest BCUT2D eigenvalue weighted by atomic mass is 10.1. The van der Waals surface area contributed by atoms with Crippen LogP contribution in [-0.2, 0) is 6.42 Å². The molecule has 3 rings (SSSR count). The van der Waals surface area contributed by atoms with Crippen LogP contribution in [0.3, 0.4) is 0 Å². The van der Waals surface area contributed by atoms with Crippen LogP contribution in [0.4, 0.5) is 0 Å². The maximum atomic E-state index is 8.92. The van der Waals surface area contributed by atoms with Crippen LogP contribution in [0.15, 0.2) is 60.9 Å². The number of ether oxygens (including phenoxy) is 2. The number of rotatable bonds is 6. The molecule has 5 heteroatoms. The highest BCUT2D eigenvalue weighted by Gasteiger charge is 2.04. The first-order chi connectivity index (χ1) is 11.8. The van der Waals surface area contributed by atoms with E-state index in [0.717, 1.165) is 22.4 Å². The Balaban J connectivity index is 1.69. The van der Waals surface area contributed by atoms with Gasteiger partial charge in [0.15, 0.2) is 0 Å². The van der Waals surface area contributed by atoms with Gasteiger partial charge in [0.05, 0.1) is 7.11 Å². The molecule has 0 amide bonds. The fraction of sp³-hybridized carbons (Fsp3) is 0.158. The second-order valence-electron chi connectivity index (χ2n) is 5.20. The van der Waals surface area contributed by atoms with Crippen molar-refractivity contribution in [2.24, 2.45) is 0 Å². The Morgan fingerprint density at radius 3 is 2.04 bits per heavy atom. The van der Waals surface area contributed by atoms with E-state index in [-0.39, 0.29) is 6.61 Å². The second kappa shape index (κ2) is 7.57. The number of benzene rings is 2. The van der Waals surface area contributed by atoms with Crippen molar-refractivity contribution in [1.29, 1.82) is 0 Å². The van der Waals surface area contributed by atoms with E-state index >= 15 is 0 Å². The van der Waals surface area contributed by atoms with E-state index in [9.17, 15) is 0 Å². The van der Waals surface area contributed by atoms with Gasteiger partial charge in [-0.2, -0.15) is 0 Å². The van der Waals surface area contributed by atoms with Crippen LogP contribution in [0.25, 0.3) is 11.1 Å². The molecule has 0 unspecified atom stereocenters. The Bertz CT molecular complexity index is 769. The highest BCUT2D eigenvalue weighted by Crippen LogP contribution is 2.23. The number of hydrogen-bond acceptors (Lipinski definition) is 5. The minimum Gasteiger partial charge on any atom is -0.497 e. The minimum atomic E-state index is 0.135. The fourth-order valence-corrected chi connectivity index (χ4v) is 2.26. The maximum absolute atomic E-state index is 8.92. The molecule has 0 aliphatic rings. The van der Waals surface area contributed by atoms with Crippen LogP contribution in [0, 0.1) is 0 Å². The standard InChI is InChI=1S/C19H18N2O3/c1-23-17-8-4-15(5-9-17)16-12-20-19(21-13-16)24-18-6-2-14(3-7-18)10-11-22/h2-9,12-13,22H,10-11H2,1H3. The number of methoxy groups -OCH3 is 1. The molecule has 2 aromatic carbocycles. The monoisotopic (exact) mass is 322 g/mol. The quantitative estimate of drug-likeness (QED) is 0.753. The van der Waals surface area contributed by atoms with Gasteiger partial charge in [-0.25, -0.2) is 9.97 Å². The molecule has 1 aromatic heterocycles. The van der Waals surface area contributed by atoms with Crippen LogP contribution < -0.4 is 9.47 Å². The molecule has 122 valence electrons. The van der Waals surface area contributed by atoms with E-state index in [1.165, 1.54) is 0 Å². The molecule has 0 saturated heterocycles. The first-order valence-corrected chi connectivity index (χ1v) is 7.62. The van der Waals surface area contributed by atoms with Crippen molar-refractivity contribution >= 4 is 0 Å². The summed E-state index contributed by atoms with van der Waals surface area (Å²) in [6.07, 6.45) is 4.09. The highest BCUT2D eigenvalue weighted by molar-refractivity contribution is 5.62. The average molecular weight is 322 g/mol. The molecule has 0 radical (unpaired) electrons. The lowest BCUT2D eigenvalue weighted by Gasteiger charge is -2.06. The smallest absolute Gasteiger partial charge is 0.321 e. The van der Waals surface area contributed by atoms with Crippen molar-refractivity contribution in [2.45, 2.75) is 6.42 Å². The third-order valence-corrected chi connectivity index (χ3v) is 3.58. The lowest BCUT2D eigenvalue weighted by molar-refractivity contribution is 0.299. The third kappa shape index (κ3) is 3.88. The molecule has 5 nitrogen and oxygen atoms in total. The largest absolute Gasteiger partial charge is 0.497 e. The Kier molecular flexibility index (Phi) is 5.03. The zero-order chi connectivity index (χ0) is 16.8. The Morgan fingerprint density at radius 2 is 1.46 bits per heavy atom. The molecule has 0 saturated carbocycles. The summed E-state index contributed by atoms with van der Waals surface area (Å²) in [6.45, 7) is 0.135. The van der Waals surface area contributed by atoms with E-state index in [2.05, 4.69) is 9.97 Å². The number of nitrogens with zero attached hydrogens (tertiary/aromatic N) is 2. The van der Waals surface area contributed by atoms with Crippen LogP contribution in [0.2, 0.25) is 0 Å². The van der Waals surface area contributed by atoms with E-state index in [1.54, 1.807) is 19.5 Å². The summed E-state index contributed by atoms with van der Waals surface area (Å²) in [5.41, 5.74) is 2.97. The summed E-state index contributed by atoms with van der Waals surface area (Å²) in [6, 6.07) is 15.5. The molecule has 3 aromatic rings. The molecular formula is C19H18N2O3. The van der Waals surface area contributed by atoms with Gasteiger partial charge in [-0.3, -0.25) is 0 Å². The molecule has 0 atom stereocenters. The topological polar surface area (TPSA) is 64.5 Å². The van der Waals surface area contributed by atoms with Gasteiger partial charge in [-0.05, 0) is 41.8 Å². The van der Waals surface area contributed by atoms with Gasteiger partial charge in [0, 0.05) is 24.6 Å². The predicted octanol–water partition coefficient (Wildman–Crippen LogP) is 3.48. The molecular weight excluding hydrogens is 304 g/mol. The highest BCUT2D eigenvalue weighted by atomic mass is 16.5. The number of aromatic nitrogens is 2. The normalized spacial score (nSPS) is 10.4. The average Bonchev–Trinajstić information content (AvgIpc) is 2.64. The van der Waals surface area contributed by atoms with Crippen LogP contribution >= 0.6 is 0 Å². The number of aliphatic hydroxyl groups excluding tert-OH is 1. The molecule has 0 bridgehead atoms. The van der Waals surface area contributed by atoms with Gasteiger partial charge >= 0.3 is 6.01 Å². The van der Waals surface area contributed by atoms with Crippen molar-refractivity contribution in [3.8, 4) is 28.6 Å². The van der Waals surface area contributed by atoms with E-state index in [0.29, 0.717) is 18.2 Å². The van der Waals surface area contributed by atoms with Crippen LogP contribution in [-0.4, -0.2) is 28.8 Å². The molecule has 1 N–H and O–H groups in total. The molecule has 1 heterocycles. The summed E-state index contributed by atoms with van der Waals surface area (Å²) >= 11 is 0. The van der Waals surface area contributed by atoms with Gasteiger partial charge in [0.25, 0.3) is 0 Å². The zero-order valence-corrected chi connectivity index (χ0v) is 13.3. The minimum absolute atomic E-state index is 0.135. The first-order valence-electron chi connectivity index (χ1n) is 7.62. The SMILES string of the molecule is COc1ccc(-c2cnc(Oc3ccc(CCO)cc3)nc2)cc1. The van der Waals surface area contributed by atoms with Gasteiger partial charge in [0.2, 0.25) is 0 Å². The van der Waals surface area contributed by atoms with Crippen molar-refractivity contribution in [1.82, 2.24) is 9.97 Å². The van der Waals surface area contributed by atoms with E-state index in [4.69, 9.17) is 14.6 Å². The lowest BCUT2D eigenvalue weighted by Crippen LogP contribution is -1.93. The van der Waals surface area contributed by atoms with E-state index in [1.807, 2.05) is 48.5 Å². The second-order valence-corrected chi connectivity index (χ2v) is 5.20.